The predicted octanol–water partition coefficient (Wildman–Crippen LogP) is 3.54. The Hall–Kier alpha value is -2.73. The molecule has 144 valence electrons. The molecule has 1 amide bonds. The molecule has 2 atom stereocenters. The fourth-order valence-electron chi connectivity index (χ4n) is 2.49. The third-order valence-corrected chi connectivity index (χ3v) is 3.98. The molecule has 0 heterocycles. The summed E-state index contributed by atoms with van der Waals surface area (Å²) in [4.78, 5) is 24.4. The molecule has 2 rings (SSSR count). The van der Waals surface area contributed by atoms with E-state index in [1.807, 2.05) is 30.3 Å². The molecule has 0 spiro atoms. The van der Waals surface area contributed by atoms with Crippen molar-refractivity contribution in [3.05, 3.63) is 71.5 Å². The number of halogens is 1. The summed E-state index contributed by atoms with van der Waals surface area (Å²) in [6.07, 6.45) is -0.758. The highest BCUT2D eigenvalue weighted by Gasteiger charge is 2.22. The number of hydrogen-bond donors (Lipinski definition) is 1. The van der Waals surface area contributed by atoms with E-state index < -0.39 is 18.1 Å². The Kier molecular flexibility index (Phi) is 7.95. The molecule has 0 bridgehead atoms. The summed E-state index contributed by atoms with van der Waals surface area (Å²) in [7, 11) is 0. The molecular weight excluding hydrogens is 349 g/mol. The molecule has 0 aliphatic carbocycles. The van der Waals surface area contributed by atoms with E-state index >= 15 is 0 Å². The van der Waals surface area contributed by atoms with Gasteiger partial charge in [-0.05, 0) is 37.1 Å². The minimum Gasteiger partial charge on any atom is -0.466 e. The van der Waals surface area contributed by atoms with Crippen LogP contribution in [0.5, 0.6) is 0 Å². The Morgan fingerprint density at radius 1 is 1.07 bits per heavy atom. The molecule has 0 fully saturated rings. The Balaban J connectivity index is 2.00. The predicted molar refractivity (Wildman–Crippen MR) is 99.2 cm³/mol. The maximum Gasteiger partial charge on any atom is 0.308 e. The fraction of sp³-hybridized carbons (Fsp3) is 0.333. The summed E-state index contributed by atoms with van der Waals surface area (Å²) < 4.78 is 23.8. The first-order valence-corrected chi connectivity index (χ1v) is 8.86. The molecule has 0 radical (unpaired) electrons. The van der Waals surface area contributed by atoms with Crippen molar-refractivity contribution in [2.24, 2.45) is 0 Å². The Morgan fingerprint density at radius 2 is 1.74 bits per heavy atom. The first-order chi connectivity index (χ1) is 13.0. The van der Waals surface area contributed by atoms with Gasteiger partial charge in [-0.3, -0.25) is 9.59 Å². The maximum atomic E-state index is 13.2. The Bertz CT molecular complexity index is 734. The zero-order chi connectivity index (χ0) is 19.6. The van der Waals surface area contributed by atoms with Gasteiger partial charge in [-0.15, -0.1) is 0 Å². The summed E-state index contributed by atoms with van der Waals surface area (Å²) >= 11 is 0. The third kappa shape index (κ3) is 6.83. The minimum absolute atomic E-state index is 0.0450. The number of benzene rings is 2. The van der Waals surface area contributed by atoms with Crippen LogP contribution in [-0.4, -0.2) is 24.6 Å². The Labute approximate surface area is 158 Å². The van der Waals surface area contributed by atoms with E-state index in [0.717, 1.165) is 5.56 Å². The number of carbonyl (C=O) groups is 2. The summed E-state index contributed by atoms with van der Waals surface area (Å²) in [6, 6.07) is 14.5. The number of ether oxygens (including phenoxy) is 2. The quantitative estimate of drug-likeness (QED) is 0.683. The topological polar surface area (TPSA) is 64.6 Å². The average Bonchev–Trinajstić information content (AvgIpc) is 2.67. The van der Waals surface area contributed by atoms with Crippen LogP contribution in [0.3, 0.4) is 0 Å². The van der Waals surface area contributed by atoms with Crippen molar-refractivity contribution in [1.29, 1.82) is 0 Å². The summed E-state index contributed by atoms with van der Waals surface area (Å²) in [6.45, 7) is 3.90. The second-order valence-electron chi connectivity index (χ2n) is 6.06. The number of nitrogens with one attached hydrogen (secondary N) is 1. The van der Waals surface area contributed by atoms with Crippen molar-refractivity contribution >= 4 is 11.9 Å². The van der Waals surface area contributed by atoms with Crippen molar-refractivity contribution in [3.63, 3.8) is 0 Å². The van der Waals surface area contributed by atoms with Gasteiger partial charge >= 0.3 is 5.97 Å². The lowest BCUT2D eigenvalue weighted by molar-refractivity contribution is -0.144. The molecule has 0 saturated heterocycles. The lowest BCUT2D eigenvalue weighted by Crippen LogP contribution is -2.38. The molecule has 5 nitrogen and oxygen atoms in total. The second-order valence-corrected chi connectivity index (χ2v) is 6.06. The largest absolute Gasteiger partial charge is 0.466 e. The molecule has 27 heavy (non-hydrogen) atoms. The van der Waals surface area contributed by atoms with Gasteiger partial charge in [0.1, 0.15) is 11.9 Å². The van der Waals surface area contributed by atoms with Crippen LogP contribution in [0.2, 0.25) is 0 Å². The van der Waals surface area contributed by atoms with Crippen LogP contribution in [0, 0.1) is 5.82 Å². The van der Waals surface area contributed by atoms with E-state index in [2.05, 4.69) is 5.32 Å². The van der Waals surface area contributed by atoms with E-state index in [1.165, 1.54) is 24.3 Å². The first-order valence-electron chi connectivity index (χ1n) is 8.86. The highest BCUT2D eigenvalue weighted by molar-refractivity contribution is 5.81. The van der Waals surface area contributed by atoms with Crippen molar-refractivity contribution in [2.45, 2.75) is 39.0 Å². The molecule has 2 aromatic rings. The molecule has 0 saturated carbocycles. The molecule has 0 aromatic heterocycles. The zero-order valence-electron chi connectivity index (χ0n) is 15.5. The van der Waals surface area contributed by atoms with E-state index in [-0.39, 0.29) is 24.8 Å². The third-order valence-electron chi connectivity index (χ3n) is 3.98. The van der Waals surface area contributed by atoms with Gasteiger partial charge in [0.2, 0.25) is 5.91 Å². The number of rotatable bonds is 9. The van der Waals surface area contributed by atoms with E-state index in [9.17, 15) is 14.0 Å². The molecule has 0 aliphatic rings. The van der Waals surface area contributed by atoms with Gasteiger partial charge in [-0.1, -0.05) is 42.5 Å². The zero-order valence-corrected chi connectivity index (χ0v) is 15.5. The van der Waals surface area contributed by atoms with E-state index in [0.29, 0.717) is 12.2 Å². The monoisotopic (exact) mass is 373 g/mol. The van der Waals surface area contributed by atoms with Gasteiger partial charge < -0.3 is 14.8 Å². The molecule has 0 aliphatic heterocycles. The van der Waals surface area contributed by atoms with Gasteiger partial charge in [-0.25, -0.2) is 4.39 Å². The van der Waals surface area contributed by atoms with Crippen LogP contribution < -0.4 is 5.32 Å². The number of hydrogen-bond acceptors (Lipinski definition) is 4. The van der Waals surface area contributed by atoms with Crippen LogP contribution in [0.15, 0.2) is 54.6 Å². The van der Waals surface area contributed by atoms with Crippen molar-refractivity contribution < 1.29 is 23.5 Å². The Morgan fingerprint density at radius 3 is 2.37 bits per heavy atom. The van der Waals surface area contributed by atoms with Gasteiger partial charge in [0.05, 0.1) is 25.7 Å². The summed E-state index contributed by atoms with van der Waals surface area (Å²) in [5.41, 5.74) is 1.58. The van der Waals surface area contributed by atoms with Crippen LogP contribution in [0.25, 0.3) is 0 Å². The second kappa shape index (κ2) is 10.4. The molecule has 6 heteroatoms. The van der Waals surface area contributed by atoms with Crippen LogP contribution >= 0.6 is 0 Å². The number of amides is 1. The molecule has 2 aromatic carbocycles. The lowest BCUT2D eigenvalue weighted by atomic mass is 10.0. The van der Waals surface area contributed by atoms with E-state index in [1.54, 1.807) is 13.8 Å². The first kappa shape index (κ1) is 20.6. The van der Waals surface area contributed by atoms with Crippen molar-refractivity contribution in [3.8, 4) is 0 Å². The standard InChI is InChI=1S/C21H24FNO4/c1-3-26-20(24)13-19(17-9-11-18(22)12-10-17)23-21(25)15(2)27-14-16-7-5-4-6-8-16/h4-12,15,19H,3,13-14H2,1-2H3,(H,23,25). The van der Waals surface area contributed by atoms with Crippen LogP contribution in [0.1, 0.15) is 37.4 Å². The lowest BCUT2D eigenvalue weighted by Gasteiger charge is -2.21. The van der Waals surface area contributed by atoms with Crippen molar-refractivity contribution in [2.75, 3.05) is 6.61 Å². The molecule has 2 unspecified atom stereocenters. The average molecular weight is 373 g/mol. The van der Waals surface area contributed by atoms with Crippen molar-refractivity contribution in [1.82, 2.24) is 5.32 Å². The van der Waals surface area contributed by atoms with Crippen LogP contribution in [0.4, 0.5) is 4.39 Å². The molecular formula is C21H24FNO4. The highest BCUT2D eigenvalue weighted by atomic mass is 19.1. The summed E-state index contributed by atoms with van der Waals surface area (Å²) in [5, 5.41) is 2.79. The van der Waals surface area contributed by atoms with E-state index in [4.69, 9.17) is 9.47 Å². The smallest absolute Gasteiger partial charge is 0.308 e. The SMILES string of the molecule is CCOC(=O)CC(NC(=O)C(C)OCc1ccccc1)c1ccc(F)cc1. The van der Waals surface area contributed by atoms with Gasteiger partial charge in [-0.2, -0.15) is 0 Å². The van der Waals surface area contributed by atoms with Crippen LogP contribution in [-0.2, 0) is 25.7 Å². The molecule has 1 N–H and O–H groups in total. The number of carbonyl (C=O) groups excluding carboxylic acids is 2. The van der Waals surface area contributed by atoms with Gasteiger partial charge in [0, 0.05) is 0 Å². The fourth-order valence-corrected chi connectivity index (χ4v) is 2.49. The normalized spacial score (nSPS) is 12.9. The number of esters is 1. The van der Waals surface area contributed by atoms with Gasteiger partial charge in [0.25, 0.3) is 0 Å². The minimum atomic E-state index is -0.713. The van der Waals surface area contributed by atoms with Gasteiger partial charge in [0.15, 0.2) is 0 Å². The summed E-state index contributed by atoms with van der Waals surface area (Å²) in [5.74, 6) is -1.19. The maximum absolute atomic E-state index is 13.2. The highest BCUT2D eigenvalue weighted by Crippen LogP contribution is 2.19.